The quantitative estimate of drug-likeness (QED) is 0.555. The zero-order valence-corrected chi connectivity index (χ0v) is 15.6. The lowest BCUT2D eigenvalue weighted by Gasteiger charge is -2.23. The van der Waals surface area contributed by atoms with Gasteiger partial charge in [-0.3, -0.25) is 0 Å². The number of azo groups is 1. The maximum atomic E-state index is 8.81. The molecule has 0 saturated carbocycles. The molecule has 0 saturated heterocycles. The summed E-state index contributed by atoms with van der Waals surface area (Å²) >= 11 is 3.39. The third kappa shape index (κ3) is 5.70. The van der Waals surface area contributed by atoms with Gasteiger partial charge in [0.2, 0.25) is 0 Å². The average molecular weight is 396 g/mol. The predicted octanol–water partition coefficient (Wildman–Crippen LogP) is 5.81. The number of benzene rings is 2. The molecule has 0 heterocycles. The molecule has 0 bridgehead atoms. The Hall–Kier alpha value is -2.70. The van der Waals surface area contributed by atoms with Crippen molar-refractivity contribution in [1.29, 1.82) is 10.5 Å². The van der Waals surface area contributed by atoms with Crippen molar-refractivity contribution in [2.24, 2.45) is 10.2 Å². The van der Waals surface area contributed by atoms with E-state index in [1.165, 1.54) is 0 Å². The fraction of sp³-hybridized carbons (Fsp3) is 0.263. The molecule has 0 aliphatic heterocycles. The summed E-state index contributed by atoms with van der Waals surface area (Å²) < 4.78 is 1.00. The molecule has 0 spiro atoms. The van der Waals surface area contributed by atoms with Crippen molar-refractivity contribution >= 4 is 33.0 Å². The van der Waals surface area contributed by atoms with Crippen LogP contribution in [0.15, 0.2) is 57.2 Å². The van der Waals surface area contributed by atoms with E-state index in [4.69, 9.17) is 10.5 Å². The van der Waals surface area contributed by atoms with Crippen LogP contribution >= 0.6 is 15.9 Å². The maximum Gasteiger partial charge on any atom is 0.0887 e. The molecular weight excluding hydrogens is 378 g/mol. The van der Waals surface area contributed by atoms with E-state index in [1.807, 2.05) is 49.4 Å². The molecular formula is C19H18BrN5. The Morgan fingerprint density at radius 3 is 2.16 bits per heavy atom. The zero-order chi connectivity index (χ0) is 18.1. The van der Waals surface area contributed by atoms with E-state index in [0.717, 1.165) is 27.1 Å². The lowest BCUT2D eigenvalue weighted by Crippen LogP contribution is -2.25. The third-order valence-corrected chi connectivity index (χ3v) is 4.16. The van der Waals surface area contributed by atoms with Gasteiger partial charge in [0.25, 0.3) is 0 Å². The first-order valence-corrected chi connectivity index (χ1v) is 8.70. The van der Waals surface area contributed by atoms with Gasteiger partial charge in [0.05, 0.1) is 36.4 Å². The van der Waals surface area contributed by atoms with Gasteiger partial charge in [0.1, 0.15) is 0 Å². The van der Waals surface area contributed by atoms with Gasteiger partial charge in [0, 0.05) is 23.2 Å². The second-order valence-electron chi connectivity index (χ2n) is 5.45. The Morgan fingerprint density at radius 1 is 0.960 bits per heavy atom. The van der Waals surface area contributed by atoms with Crippen LogP contribution in [0.25, 0.3) is 0 Å². The van der Waals surface area contributed by atoms with Gasteiger partial charge in [-0.2, -0.15) is 20.8 Å². The molecule has 0 radical (unpaired) electrons. The number of anilines is 1. The van der Waals surface area contributed by atoms with Crippen molar-refractivity contribution in [3.05, 3.63) is 52.5 Å². The van der Waals surface area contributed by atoms with Gasteiger partial charge in [-0.1, -0.05) is 15.9 Å². The minimum atomic E-state index is 0.426. The van der Waals surface area contributed by atoms with Crippen LogP contribution in [0.2, 0.25) is 0 Å². The summed E-state index contributed by atoms with van der Waals surface area (Å²) in [7, 11) is 0. The molecule has 5 nitrogen and oxygen atoms in total. The first kappa shape index (κ1) is 18.6. The molecule has 6 heteroatoms. The van der Waals surface area contributed by atoms with Crippen LogP contribution in [0.1, 0.15) is 18.4 Å². The van der Waals surface area contributed by atoms with Crippen LogP contribution in [0.4, 0.5) is 17.1 Å². The topological polar surface area (TPSA) is 75.5 Å². The summed E-state index contributed by atoms with van der Waals surface area (Å²) in [6.07, 6.45) is 0.852. The lowest BCUT2D eigenvalue weighted by atomic mass is 10.1. The Morgan fingerprint density at radius 2 is 1.60 bits per heavy atom. The maximum absolute atomic E-state index is 8.81. The van der Waals surface area contributed by atoms with E-state index in [-0.39, 0.29) is 0 Å². The van der Waals surface area contributed by atoms with Gasteiger partial charge in [-0.15, -0.1) is 0 Å². The highest BCUT2D eigenvalue weighted by Gasteiger charge is 2.08. The molecule has 0 aliphatic carbocycles. The number of halogens is 1. The molecule has 0 fully saturated rings. The standard InChI is InChI=1S/C19H18BrN5/c1-15-14-18(25(12-2-10-21)13-3-11-22)8-9-19(15)24-23-17-6-4-16(20)5-7-17/h4-9,14H,2-3,12-13H2,1H3. The minimum absolute atomic E-state index is 0.426. The number of hydrogen-bond acceptors (Lipinski definition) is 5. The number of hydrogen-bond donors (Lipinski definition) is 0. The molecule has 0 amide bonds. The summed E-state index contributed by atoms with van der Waals surface area (Å²) in [5.74, 6) is 0. The van der Waals surface area contributed by atoms with Crippen LogP contribution in [-0.2, 0) is 0 Å². The number of rotatable bonds is 7. The zero-order valence-electron chi connectivity index (χ0n) is 14.0. The fourth-order valence-electron chi connectivity index (χ4n) is 2.31. The van der Waals surface area contributed by atoms with E-state index in [1.54, 1.807) is 0 Å². The largest absolute Gasteiger partial charge is 0.369 e. The van der Waals surface area contributed by atoms with Gasteiger partial charge < -0.3 is 4.90 Å². The van der Waals surface area contributed by atoms with Crippen LogP contribution < -0.4 is 4.90 Å². The molecule has 2 aromatic rings. The van der Waals surface area contributed by atoms with Crippen molar-refractivity contribution in [3.63, 3.8) is 0 Å². The second kappa shape index (κ2) is 9.56. The van der Waals surface area contributed by atoms with Crippen molar-refractivity contribution in [2.75, 3.05) is 18.0 Å². The number of nitrogens with zero attached hydrogens (tertiary/aromatic N) is 5. The highest BCUT2D eigenvalue weighted by atomic mass is 79.9. The molecule has 0 aromatic heterocycles. The third-order valence-electron chi connectivity index (χ3n) is 3.63. The van der Waals surface area contributed by atoms with E-state index in [2.05, 4.69) is 43.2 Å². The van der Waals surface area contributed by atoms with Crippen molar-refractivity contribution in [3.8, 4) is 12.1 Å². The van der Waals surface area contributed by atoms with Crippen LogP contribution in [0, 0.1) is 29.6 Å². The highest BCUT2D eigenvalue weighted by molar-refractivity contribution is 9.10. The van der Waals surface area contributed by atoms with Crippen molar-refractivity contribution in [2.45, 2.75) is 19.8 Å². The van der Waals surface area contributed by atoms with Gasteiger partial charge >= 0.3 is 0 Å². The Bertz CT molecular complexity index is 797. The SMILES string of the molecule is Cc1cc(N(CCC#N)CCC#N)ccc1N=Nc1ccc(Br)cc1. The lowest BCUT2D eigenvalue weighted by molar-refractivity contribution is 0.796. The van der Waals surface area contributed by atoms with E-state index in [9.17, 15) is 0 Å². The minimum Gasteiger partial charge on any atom is -0.369 e. The average Bonchev–Trinajstić information content (AvgIpc) is 2.62. The smallest absolute Gasteiger partial charge is 0.0887 e. The predicted molar refractivity (Wildman–Crippen MR) is 102 cm³/mol. The number of aryl methyl sites for hydroxylation is 1. The highest BCUT2D eigenvalue weighted by Crippen LogP contribution is 2.27. The van der Waals surface area contributed by atoms with Crippen LogP contribution in [0.3, 0.4) is 0 Å². The second-order valence-corrected chi connectivity index (χ2v) is 6.37. The van der Waals surface area contributed by atoms with Crippen LogP contribution in [-0.4, -0.2) is 13.1 Å². The molecule has 25 heavy (non-hydrogen) atoms. The molecule has 2 aromatic carbocycles. The summed E-state index contributed by atoms with van der Waals surface area (Å²) in [6.45, 7) is 3.20. The molecule has 2 rings (SSSR count). The first-order valence-electron chi connectivity index (χ1n) is 7.91. The van der Waals surface area contributed by atoms with E-state index >= 15 is 0 Å². The Kier molecular flexibility index (Phi) is 7.13. The van der Waals surface area contributed by atoms with Crippen molar-refractivity contribution < 1.29 is 0 Å². The van der Waals surface area contributed by atoms with Gasteiger partial charge in [-0.05, 0) is 55.0 Å². The van der Waals surface area contributed by atoms with E-state index in [0.29, 0.717) is 25.9 Å². The van der Waals surface area contributed by atoms with Crippen LogP contribution in [0.5, 0.6) is 0 Å². The summed E-state index contributed by atoms with van der Waals surface area (Å²) in [5.41, 5.74) is 3.58. The first-order chi connectivity index (χ1) is 12.1. The Labute approximate surface area is 156 Å². The number of nitriles is 2. The van der Waals surface area contributed by atoms with Gasteiger partial charge in [-0.25, -0.2) is 0 Å². The molecule has 0 N–H and O–H groups in total. The molecule has 0 unspecified atom stereocenters. The van der Waals surface area contributed by atoms with E-state index < -0.39 is 0 Å². The van der Waals surface area contributed by atoms with Crippen molar-refractivity contribution in [1.82, 2.24) is 0 Å². The molecule has 0 atom stereocenters. The van der Waals surface area contributed by atoms with Gasteiger partial charge in [0.15, 0.2) is 0 Å². The fourth-order valence-corrected chi connectivity index (χ4v) is 2.57. The summed E-state index contributed by atoms with van der Waals surface area (Å²) in [4.78, 5) is 2.05. The molecule has 0 aliphatic rings. The normalized spacial score (nSPS) is 10.4. The summed E-state index contributed by atoms with van der Waals surface area (Å²) in [6, 6.07) is 17.8. The summed E-state index contributed by atoms with van der Waals surface area (Å²) in [5, 5.41) is 26.2. The molecule has 126 valence electrons. The monoisotopic (exact) mass is 395 g/mol. The Balaban J connectivity index is 2.16.